The predicted octanol–water partition coefficient (Wildman–Crippen LogP) is 4.85. The first-order chi connectivity index (χ1) is 15.0. The summed E-state index contributed by atoms with van der Waals surface area (Å²) in [7, 11) is 0. The first kappa shape index (κ1) is 23.8. The maximum atomic E-state index is 12.5. The number of piperazine rings is 1. The number of halogens is 2. The highest BCUT2D eigenvalue weighted by atomic mass is 35.5. The van der Waals surface area contributed by atoms with Crippen LogP contribution in [0.15, 0.2) is 36.4 Å². The SMILES string of the molecule is CC(C)(C)C(=O)N1CCN(c2ccc(NC(=O)c3ccc(Cl)c([N+](=O)[O-])c3)cc2Cl)CC1. The van der Waals surface area contributed by atoms with Gasteiger partial charge in [0.1, 0.15) is 5.02 Å². The molecule has 0 radical (unpaired) electrons. The molecule has 10 heteroatoms. The lowest BCUT2D eigenvalue weighted by Gasteiger charge is -2.39. The summed E-state index contributed by atoms with van der Waals surface area (Å²) in [4.78, 5) is 39.3. The summed E-state index contributed by atoms with van der Waals surface area (Å²) in [5.74, 6) is -0.383. The number of amides is 2. The van der Waals surface area contributed by atoms with Crippen molar-refractivity contribution >= 4 is 52.1 Å². The molecule has 8 nitrogen and oxygen atoms in total. The first-order valence-electron chi connectivity index (χ1n) is 10.1. The number of carbonyl (C=O) groups excluding carboxylic acids is 2. The standard InChI is InChI=1S/C22H24Cl2N4O4/c1-22(2,3)21(30)27-10-8-26(9-11-27)18-7-5-15(13-17(18)24)25-20(29)14-4-6-16(23)19(12-14)28(31)32/h4-7,12-13H,8-11H2,1-3H3,(H,25,29). The Balaban J connectivity index is 1.67. The third kappa shape index (κ3) is 5.31. The number of hydrogen-bond acceptors (Lipinski definition) is 5. The summed E-state index contributed by atoms with van der Waals surface area (Å²) in [6.07, 6.45) is 0. The molecule has 1 heterocycles. The second-order valence-corrected chi connectivity index (χ2v) is 9.39. The minimum Gasteiger partial charge on any atom is -0.367 e. The Morgan fingerprint density at radius 2 is 1.66 bits per heavy atom. The van der Waals surface area contributed by atoms with Gasteiger partial charge in [0.25, 0.3) is 11.6 Å². The van der Waals surface area contributed by atoms with Crippen molar-refractivity contribution in [3.05, 3.63) is 62.1 Å². The van der Waals surface area contributed by atoms with Gasteiger partial charge < -0.3 is 15.1 Å². The Hall–Kier alpha value is -2.84. The molecule has 2 amide bonds. The van der Waals surface area contributed by atoms with E-state index in [2.05, 4.69) is 10.2 Å². The summed E-state index contributed by atoms with van der Waals surface area (Å²) in [6, 6.07) is 9.02. The second kappa shape index (κ2) is 9.34. The smallest absolute Gasteiger partial charge is 0.288 e. The fourth-order valence-electron chi connectivity index (χ4n) is 3.46. The van der Waals surface area contributed by atoms with Gasteiger partial charge in [-0.05, 0) is 30.3 Å². The summed E-state index contributed by atoms with van der Waals surface area (Å²) >= 11 is 12.3. The van der Waals surface area contributed by atoms with Gasteiger partial charge in [-0.1, -0.05) is 44.0 Å². The number of hydrogen-bond donors (Lipinski definition) is 1. The van der Waals surface area contributed by atoms with Crippen molar-refractivity contribution in [1.82, 2.24) is 4.90 Å². The maximum Gasteiger partial charge on any atom is 0.288 e. The van der Waals surface area contributed by atoms with Crippen molar-refractivity contribution < 1.29 is 14.5 Å². The number of nitro groups is 1. The normalized spacial score (nSPS) is 14.3. The maximum absolute atomic E-state index is 12.5. The molecule has 0 unspecified atom stereocenters. The Morgan fingerprint density at radius 1 is 1.00 bits per heavy atom. The third-order valence-electron chi connectivity index (χ3n) is 5.16. The zero-order valence-electron chi connectivity index (χ0n) is 18.0. The van der Waals surface area contributed by atoms with Crippen LogP contribution in [0.3, 0.4) is 0 Å². The summed E-state index contributed by atoms with van der Waals surface area (Å²) in [5, 5.41) is 14.2. The molecule has 0 saturated carbocycles. The number of nitro benzene ring substituents is 1. The highest BCUT2D eigenvalue weighted by Crippen LogP contribution is 2.31. The number of nitrogens with zero attached hydrogens (tertiary/aromatic N) is 3. The highest BCUT2D eigenvalue weighted by molar-refractivity contribution is 6.34. The number of rotatable bonds is 4. The monoisotopic (exact) mass is 478 g/mol. The molecule has 170 valence electrons. The highest BCUT2D eigenvalue weighted by Gasteiger charge is 2.30. The van der Waals surface area contributed by atoms with Crippen LogP contribution in [0.5, 0.6) is 0 Å². The minimum absolute atomic E-state index is 0.0387. The van der Waals surface area contributed by atoms with Crippen LogP contribution < -0.4 is 10.2 Å². The van der Waals surface area contributed by atoms with Crippen LogP contribution in [0.4, 0.5) is 17.1 Å². The fourth-order valence-corrected chi connectivity index (χ4v) is 3.95. The van der Waals surface area contributed by atoms with E-state index in [1.165, 1.54) is 12.1 Å². The van der Waals surface area contributed by atoms with Crippen molar-refractivity contribution in [2.24, 2.45) is 5.41 Å². The Morgan fingerprint density at radius 3 is 2.22 bits per heavy atom. The largest absolute Gasteiger partial charge is 0.367 e. The predicted molar refractivity (Wildman–Crippen MR) is 126 cm³/mol. The third-order valence-corrected chi connectivity index (χ3v) is 5.78. The Kier molecular flexibility index (Phi) is 6.95. The molecule has 3 rings (SSSR count). The van der Waals surface area contributed by atoms with Crippen molar-refractivity contribution in [2.45, 2.75) is 20.8 Å². The van der Waals surface area contributed by atoms with Crippen LogP contribution >= 0.6 is 23.2 Å². The van der Waals surface area contributed by atoms with Gasteiger partial charge in [0.15, 0.2) is 0 Å². The summed E-state index contributed by atoms with van der Waals surface area (Å²) in [5.41, 5.74) is 0.639. The molecule has 2 aromatic carbocycles. The van der Waals surface area contributed by atoms with E-state index in [1.54, 1.807) is 12.1 Å². The van der Waals surface area contributed by atoms with Gasteiger partial charge in [0, 0.05) is 48.9 Å². The molecular formula is C22H24Cl2N4O4. The topological polar surface area (TPSA) is 95.8 Å². The first-order valence-corrected chi connectivity index (χ1v) is 10.8. The lowest BCUT2D eigenvalue weighted by Crippen LogP contribution is -2.51. The van der Waals surface area contributed by atoms with Gasteiger partial charge in [-0.25, -0.2) is 0 Å². The Labute approximate surface area is 196 Å². The zero-order valence-corrected chi connectivity index (χ0v) is 19.5. The molecule has 0 atom stereocenters. The van der Waals surface area contributed by atoms with Crippen LogP contribution in [0, 0.1) is 15.5 Å². The molecule has 2 aromatic rings. The molecule has 1 aliphatic rings. The van der Waals surface area contributed by atoms with Crippen molar-refractivity contribution in [3.8, 4) is 0 Å². The number of nitrogens with one attached hydrogen (secondary N) is 1. The summed E-state index contributed by atoms with van der Waals surface area (Å²) in [6.45, 7) is 8.26. The molecule has 0 spiro atoms. The number of carbonyl (C=O) groups is 2. The van der Waals surface area contributed by atoms with E-state index in [0.717, 1.165) is 11.8 Å². The lowest BCUT2D eigenvalue weighted by molar-refractivity contribution is -0.384. The van der Waals surface area contributed by atoms with Crippen LogP contribution in [-0.4, -0.2) is 47.8 Å². The Bertz CT molecular complexity index is 1060. The van der Waals surface area contributed by atoms with Crippen LogP contribution in [-0.2, 0) is 4.79 Å². The van der Waals surface area contributed by atoms with Crippen molar-refractivity contribution in [2.75, 3.05) is 36.4 Å². The van der Waals surface area contributed by atoms with Gasteiger partial charge in [0.2, 0.25) is 5.91 Å². The van der Waals surface area contributed by atoms with E-state index in [9.17, 15) is 19.7 Å². The van der Waals surface area contributed by atoms with Crippen LogP contribution in [0.2, 0.25) is 10.0 Å². The zero-order chi connectivity index (χ0) is 23.6. The molecule has 1 aliphatic heterocycles. The summed E-state index contributed by atoms with van der Waals surface area (Å²) < 4.78 is 0. The molecule has 0 bridgehead atoms. The molecule has 1 fully saturated rings. The van der Waals surface area contributed by atoms with E-state index < -0.39 is 16.2 Å². The molecular weight excluding hydrogens is 455 g/mol. The molecule has 1 N–H and O–H groups in total. The molecule has 0 aromatic heterocycles. The van der Waals surface area contributed by atoms with E-state index >= 15 is 0 Å². The average molecular weight is 479 g/mol. The number of anilines is 2. The quantitative estimate of drug-likeness (QED) is 0.500. The van der Waals surface area contributed by atoms with Crippen LogP contribution in [0.25, 0.3) is 0 Å². The van der Waals surface area contributed by atoms with E-state index in [-0.39, 0.29) is 22.2 Å². The van der Waals surface area contributed by atoms with E-state index in [1.807, 2.05) is 31.7 Å². The molecule has 1 saturated heterocycles. The number of benzene rings is 2. The van der Waals surface area contributed by atoms with E-state index in [0.29, 0.717) is 36.9 Å². The van der Waals surface area contributed by atoms with E-state index in [4.69, 9.17) is 23.2 Å². The minimum atomic E-state index is -0.639. The van der Waals surface area contributed by atoms with Gasteiger partial charge >= 0.3 is 0 Å². The molecule has 32 heavy (non-hydrogen) atoms. The van der Waals surface area contributed by atoms with Gasteiger partial charge in [0.05, 0.1) is 15.6 Å². The second-order valence-electron chi connectivity index (χ2n) is 8.57. The average Bonchev–Trinajstić information content (AvgIpc) is 2.73. The fraction of sp³-hybridized carbons (Fsp3) is 0.364. The van der Waals surface area contributed by atoms with Crippen LogP contribution in [0.1, 0.15) is 31.1 Å². The van der Waals surface area contributed by atoms with Crippen molar-refractivity contribution in [3.63, 3.8) is 0 Å². The van der Waals surface area contributed by atoms with Crippen molar-refractivity contribution in [1.29, 1.82) is 0 Å². The van der Waals surface area contributed by atoms with Gasteiger partial charge in [-0.2, -0.15) is 0 Å². The van der Waals surface area contributed by atoms with Gasteiger partial charge in [-0.3, -0.25) is 19.7 Å². The van der Waals surface area contributed by atoms with Gasteiger partial charge in [-0.15, -0.1) is 0 Å². The molecule has 0 aliphatic carbocycles. The lowest BCUT2D eigenvalue weighted by atomic mass is 9.94.